The van der Waals surface area contributed by atoms with Gasteiger partial charge >= 0.3 is 0 Å². The molecule has 1 atom stereocenters. The molecule has 1 aromatic rings. The molecule has 114 valence electrons. The van der Waals surface area contributed by atoms with Crippen LogP contribution >= 0.6 is 0 Å². The summed E-state index contributed by atoms with van der Waals surface area (Å²) in [6, 6.07) is 6.87. The van der Waals surface area contributed by atoms with Gasteiger partial charge in [-0.2, -0.15) is 4.31 Å². The van der Waals surface area contributed by atoms with Crippen molar-refractivity contribution < 1.29 is 8.42 Å². The predicted octanol–water partition coefficient (Wildman–Crippen LogP) is 1.95. The second-order valence-corrected chi connectivity index (χ2v) is 7.09. The van der Waals surface area contributed by atoms with Crippen molar-refractivity contribution in [3.05, 3.63) is 29.8 Å². The summed E-state index contributed by atoms with van der Waals surface area (Å²) in [7, 11) is -3.40. The summed E-state index contributed by atoms with van der Waals surface area (Å²) in [5.41, 5.74) is 6.11. The predicted molar refractivity (Wildman–Crippen MR) is 84.2 cm³/mol. The van der Waals surface area contributed by atoms with Crippen molar-refractivity contribution in [3.8, 4) is 11.8 Å². The lowest BCUT2D eigenvalue weighted by atomic mass is 10.0. The molecule has 0 aliphatic carbocycles. The van der Waals surface area contributed by atoms with Gasteiger partial charge < -0.3 is 5.73 Å². The molecule has 1 aromatic carbocycles. The number of sulfonamides is 1. The molecule has 0 bridgehead atoms. The smallest absolute Gasteiger partial charge is 0.243 e. The maximum Gasteiger partial charge on any atom is 0.243 e. The molecule has 0 aromatic heterocycles. The minimum absolute atomic E-state index is 0.125. The van der Waals surface area contributed by atoms with Crippen molar-refractivity contribution in [1.29, 1.82) is 0 Å². The maximum atomic E-state index is 12.8. The molecular formula is C16H22N2O2S. The van der Waals surface area contributed by atoms with E-state index >= 15 is 0 Å². The van der Waals surface area contributed by atoms with E-state index in [4.69, 9.17) is 5.73 Å². The summed E-state index contributed by atoms with van der Waals surface area (Å²) >= 11 is 0. The van der Waals surface area contributed by atoms with Crippen molar-refractivity contribution in [2.75, 3.05) is 13.1 Å². The summed E-state index contributed by atoms with van der Waals surface area (Å²) in [4.78, 5) is 0.348. The normalized spacial score (nSPS) is 19.8. The average Bonchev–Trinajstić information content (AvgIpc) is 2.53. The van der Waals surface area contributed by atoms with Gasteiger partial charge in [0.05, 0.1) is 11.4 Å². The number of rotatable bonds is 3. The summed E-state index contributed by atoms with van der Waals surface area (Å²) in [6.07, 6.45) is 3.86. The van der Waals surface area contributed by atoms with E-state index in [1.54, 1.807) is 28.6 Å². The molecule has 21 heavy (non-hydrogen) atoms. The molecule has 1 fully saturated rings. The second kappa shape index (κ2) is 7.08. The van der Waals surface area contributed by atoms with Gasteiger partial charge in [-0.15, -0.1) is 0 Å². The Hall–Kier alpha value is -1.35. The van der Waals surface area contributed by atoms with Crippen LogP contribution in [-0.2, 0) is 10.0 Å². The first-order valence-electron chi connectivity index (χ1n) is 7.40. The van der Waals surface area contributed by atoms with Crippen molar-refractivity contribution in [2.45, 2.75) is 43.5 Å². The van der Waals surface area contributed by atoms with Gasteiger partial charge in [-0.3, -0.25) is 0 Å². The first-order valence-corrected chi connectivity index (χ1v) is 8.84. The Morgan fingerprint density at radius 3 is 2.62 bits per heavy atom. The van der Waals surface area contributed by atoms with Crippen molar-refractivity contribution >= 4 is 10.0 Å². The van der Waals surface area contributed by atoms with Crippen LogP contribution in [0.1, 0.15) is 38.2 Å². The SMILES string of the molecule is CCC1CCCCN1S(=O)(=O)c1ccc(C#CCN)cc1. The lowest BCUT2D eigenvalue weighted by Crippen LogP contribution is -2.43. The van der Waals surface area contributed by atoms with Crippen LogP contribution in [0.3, 0.4) is 0 Å². The summed E-state index contributed by atoms with van der Waals surface area (Å²) in [5, 5.41) is 0. The lowest BCUT2D eigenvalue weighted by Gasteiger charge is -2.34. The number of hydrogen-bond donors (Lipinski definition) is 1. The minimum atomic E-state index is -3.40. The Balaban J connectivity index is 2.26. The average molecular weight is 306 g/mol. The highest BCUT2D eigenvalue weighted by atomic mass is 32.2. The van der Waals surface area contributed by atoms with Crippen LogP contribution in [-0.4, -0.2) is 31.9 Å². The first kappa shape index (κ1) is 16.0. The van der Waals surface area contributed by atoms with Crippen LogP contribution in [0.5, 0.6) is 0 Å². The van der Waals surface area contributed by atoms with Crippen molar-refractivity contribution in [1.82, 2.24) is 4.31 Å². The van der Waals surface area contributed by atoms with E-state index in [0.717, 1.165) is 31.2 Å². The van der Waals surface area contributed by atoms with E-state index in [1.807, 2.05) is 6.92 Å². The maximum absolute atomic E-state index is 12.8. The van der Waals surface area contributed by atoms with Gasteiger partial charge in [0.1, 0.15) is 0 Å². The van der Waals surface area contributed by atoms with E-state index in [1.165, 1.54) is 0 Å². The van der Waals surface area contributed by atoms with E-state index in [9.17, 15) is 8.42 Å². The van der Waals surface area contributed by atoms with Gasteiger partial charge in [-0.05, 0) is 43.5 Å². The summed E-state index contributed by atoms with van der Waals surface area (Å²) < 4.78 is 27.2. The molecule has 0 amide bonds. The molecule has 1 aliphatic rings. The van der Waals surface area contributed by atoms with E-state index in [0.29, 0.717) is 18.0 Å². The Labute approximate surface area is 127 Å². The molecule has 2 N–H and O–H groups in total. The zero-order valence-corrected chi connectivity index (χ0v) is 13.2. The van der Waals surface area contributed by atoms with Crippen LogP contribution in [0.4, 0.5) is 0 Å². The standard InChI is InChI=1S/C16H22N2O2S/c1-2-15-7-3-4-13-18(15)21(19,20)16-10-8-14(9-11-16)6-5-12-17/h8-11,15H,2-4,7,12-13,17H2,1H3. The van der Waals surface area contributed by atoms with Gasteiger partial charge in [0.15, 0.2) is 0 Å². The number of benzene rings is 1. The van der Waals surface area contributed by atoms with Crippen LogP contribution < -0.4 is 5.73 Å². The molecule has 5 heteroatoms. The lowest BCUT2D eigenvalue weighted by molar-refractivity contribution is 0.246. The van der Waals surface area contributed by atoms with Crippen LogP contribution in [0.2, 0.25) is 0 Å². The highest BCUT2D eigenvalue weighted by Gasteiger charge is 2.32. The summed E-state index contributed by atoms with van der Waals surface area (Å²) in [6.45, 7) is 2.96. The largest absolute Gasteiger partial charge is 0.320 e. The molecule has 1 unspecified atom stereocenters. The van der Waals surface area contributed by atoms with Gasteiger partial charge in [0.2, 0.25) is 10.0 Å². The van der Waals surface area contributed by atoms with Crippen molar-refractivity contribution in [2.24, 2.45) is 5.73 Å². The molecule has 1 heterocycles. The Kier molecular flexibility index (Phi) is 5.40. The Morgan fingerprint density at radius 1 is 1.29 bits per heavy atom. The van der Waals surface area contributed by atoms with Gasteiger partial charge in [0.25, 0.3) is 0 Å². The van der Waals surface area contributed by atoms with E-state index in [-0.39, 0.29) is 6.04 Å². The zero-order chi connectivity index (χ0) is 15.3. The molecule has 0 spiro atoms. The van der Waals surface area contributed by atoms with E-state index < -0.39 is 10.0 Å². The zero-order valence-electron chi connectivity index (χ0n) is 12.4. The number of nitrogens with zero attached hydrogens (tertiary/aromatic N) is 1. The van der Waals surface area contributed by atoms with Gasteiger partial charge in [0, 0.05) is 18.2 Å². The molecule has 1 saturated heterocycles. The van der Waals surface area contributed by atoms with Crippen LogP contribution in [0.25, 0.3) is 0 Å². The third kappa shape index (κ3) is 3.65. The molecule has 1 aliphatic heterocycles. The fraction of sp³-hybridized carbons (Fsp3) is 0.500. The van der Waals surface area contributed by atoms with Crippen LogP contribution in [0, 0.1) is 11.8 Å². The highest BCUT2D eigenvalue weighted by Crippen LogP contribution is 2.26. The molecular weight excluding hydrogens is 284 g/mol. The number of piperidine rings is 1. The highest BCUT2D eigenvalue weighted by molar-refractivity contribution is 7.89. The summed E-state index contributed by atoms with van der Waals surface area (Å²) in [5.74, 6) is 5.66. The fourth-order valence-corrected chi connectivity index (χ4v) is 4.46. The third-order valence-electron chi connectivity index (χ3n) is 3.84. The minimum Gasteiger partial charge on any atom is -0.320 e. The van der Waals surface area contributed by atoms with E-state index in [2.05, 4.69) is 11.8 Å². The number of hydrogen-bond acceptors (Lipinski definition) is 3. The third-order valence-corrected chi connectivity index (χ3v) is 5.81. The van der Waals surface area contributed by atoms with Crippen LogP contribution in [0.15, 0.2) is 29.2 Å². The van der Waals surface area contributed by atoms with Gasteiger partial charge in [-0.25, -0.2) is 8.42 Å². The van der Waals surface area contributed by atoms with Gasteiger partial charge in [-0.1, -0.05) is 25.2 Å². The second-order valence-electron chi connectivity index (χ2n) is 5.20. The fourth-order valence-electron chi connectivity index (χ4n) is 2.70. The molecule has 4 nitrogen and oxygen atoms in total. The quantitative estimate of drug-likeness (QED) is 0.868. The Bertz CT molecular complexity index is 626. The number of nitrogens with two attached hydrogens (primary N) is 1. The molecule has 2 rings (SSSR count). The van der Waals surface area contributed by atoms with Crippen molar-refractivity contribution in [3.63, 3.8) is 0 Å². The monoisotopic (exact) mass is 306 g/mol. The molecule has 0 saturated carbocycles. The molecule has 0 radical (unpaired) electrons. The topological polar surface area (TPSA) is 63.4 Å². The first-order chi connectivity index (χ1) is 10.1. The Morgan fingerprint density at radius 2 is 2.00 bits per heavy atom.